The molecule has 2 aliphatic rings. The van der Waals surface area contributed by atoms with Crippen LogP contribution in [0.2, 0.25) is 13.1 Å². The maximum absolute atomic E-state index is 8.93. The Bertz CT molecular complexity index is 190. The maximum Gasteiger partial charge on any atom is 4.00 e. The summed E-state index contributed by atoms with van der Waals surface area (Å²) in [6.07, 6.45) is 20.0. The first kappa shape index (κ1) is 28.2. The van der Waals surface area contributed by atoms with E-state index in [2.05, 4.69) is 37.4 Å². The third-order valence-electron chi connectivity index (χ3n) is 1.17. The summed E-state index contributed by atoms with van der Waals surface area (Å²) in [5, 5.41) is 17.9. The summed E-state index contributed by atoms with van der Waals surface area (Å²) in [5.74, 6) is 0. The van der Waals surface area contributed by atoms with Crippen molar-refractivity contribution < 1.29 is 36.1 Å². The molecule has 0 aromatic heterocycles. The molecule has 0 aromatic carbocycles. The van der Waals surface area contributed by atoms with Gasteiger partial charge in [0, 0.05) is 9.52 Å². The predicted molar refractivity (Wildman–Crippen MR) is 83.1 cm³/mol. The second-order valence-electron chi connectivity index (χ2n) is 3.16. The van der Waals surface area contributed by atoms with E-state index in [4.69, 9.17) is 10.2 Å². The molecule has 0 aromatic rings. The van der Waals surface area contributed by atoms with Gasteiger partial charge in [-0.25, -0.2) is 24.3 Å². The van der Waals surface area contributed by atoms with Crippen LogP contribution in [0.3, 0.4) is 0 Å². The van der Waals surface area contributed by atoms with Crippen molar-refractivity contribution in [2.75, 3.05) is 13.2 Å². The first-order valence-corrected chi connectivity index (χ1v) is 8.89. The van der Waals surface area contributed by atoms with Gasteiger partial charge in [-0.1, -0.05) is 26.9 Å². The summed E-state index contributed by atoms with van der Waals surface area (Å²) >= 11 is 0. The van der Waals surface area contributed by atoms with Gasteiger partial charge in [-0.3, -0.25) is 12.2 Å². The Morgan fingerprint density at radius 3 is 1.20 bits per heavy atom. The minimum Gasteiger partial charge on any atom is -0.855 e. The fraction of sp³-hybridized carbons (Fsp3) is 0.500. The first-order valence-electron chi connectivity index (χ1n) is 6.58. The average Bonchev–Trinajstić information content (AvgIpc) is 3.11. The summed E-state index contributed by atoms with van der Waals surface area (Å²) in [4.78, 5) is 0. The SMILES string of the molecule is CC[O-].CC[O-].C[SiH]C.[C-]1=CC=CC1.[C-]1=CC=CC1.[Hf+4]. The maximum atomic E-state index is 8.93. The minimum atomic E-state index is 0. The van der Waals surface area contributed by atoms with Crippen LogP contribution >= 0.6 is 0 Å². The molecule has 0 unspecified atom stereocenters. The molecule has 0 fully saturated rings. The molecule has 0 bridgehead atoms. The van der Waals surface area contributed by atoms with E-state index in [1.165, 1.54) is 0 Å². The van der Waals surface area contributed by atoms with E-state index < -0.39 is 0 Å². The molecule has 111 valence electrons. The molecule has 0 aliphatic heterocycles. The summed E-state index contributed by atoms with van der Waals surface area (Å²) in [5.41, 5.74) is 0. The number of allylic oxidation sites excluding steroid dienone is 8. The van der Waals surface area contributed by atoms with Gasteiger partial charge in [0.15, 0.2) is 0 Å². The van der Waals surface area contributed by atoms with Crippen LogP contribution in [0.1, 0.15) is 26.7 Å². The second-order valence-corrected chi connectivity index (χ2v) is 4.32. The normalized spacial score (nSPS) is 11.5. The molecule has 0 N–H and O–H groups in total. The van der Waals surface area contributed by atoms with Crippen LogP contribution < -0.4 is 10.2 Å². The quantitative estimate of drug-likeness (QED) is 0.412. The van der Waals surface area contributed by atoms with Crippen molar-refractivity contribution in [2.24, 2.45) is 0 Å². The fourth-order valence-electron chi connectivity index (χ4n) is 0.680. The van der Waals surface area contributed by atoms with Crippen molar-refractivity contribution in [1.82, 2.24) is 0 Å². The van der Waals surface area contributed by atoms with Crippen LogP contribution in [0.4, 0.5) is 0 Å². The van der Waals surface area contributed by atoms with Gasteiger partial charge in [0.2, 0.25) is 0 Å². The van der Waals surface area contributed by atoms with Crippen molar-refractivity contribution in [3.05, 3.63) is 48.6 Å². The van der Waals surface area contributed by atoms with Gasteiger partial charge >= 0.3 is 25.8 Å². The summed E-state index contributed by atoms with van der Waals surface area (Å²) < 4.78 is 0. The Balaban J connectivity index is -0.0000000816. The van der Waals surface area contributed by atoms with Gasteiger partial charge in [-0.05, 0) is 0 Å². The Labute approximate surface area is 147 Å². The van der Waals surface area contributed by atoms with E-state index in [1.807, 2.05) is 24.3 Å². The van der Waals surface area contributed by atoms with E-state index in [0.29, 0.717) is 0 Å². The van der Waals surface area contributed by atoms with Crippen LogP contribution in [-0.2, 0) is 25.8 Å². The largest absolute Gasteiger partial charge is 4.00 e. The van der Waals surface area contributed by atoms with Crippen LogP contribution in [0.25, 0.3) is 0 Å². The van der Waals surface area contributed by atoms with Gasteiger partial charge in [0.05, 0.1) is 0 Å². The smallest absolute Gasteiger partial charge is 0.855 e. The van der Waals surface area contributed by atoms with E-state index in [-0.39, 0.29) is 39.1 Å². The molecule has 0 saturated carbocycles. The van der Waals surface area contributed by atoms with Crippen molar-refractivity contribution in [2.45, 2.75) is 39.8 Å². The molecule has 2 rings (SSSR count). The zero-order chi connectivity index (χ0) is 15.2. The minimum absolute atomic E-state index is 0. The number of hydrogen-bond acceptors (Lipinski definition) is 2. The van der Waals surface area contributed by atoms with Crippen molar-refractivity contribution in [1.29, 1.82) is 0 Å². The van der Waals surface area contributed by atoms with E-state index in [0.717, 1.165) is 22.4 Å². The van der Waals surface area contributed by atoms with Gasteiger partial charge in [0.25, 0.3) is 0 Å². The fourth-order valence-corrected chi connectivity index (χ4v) is 0.680. The molecular formula is C16H27HfO2Si. The average molecular weight is 458 g/mol. The zero-order valence-electron chi connectivity index (χ0n) is 13.2. The molecule has 0 heterocycles. The molecule has 0 amide bonds. The van der Waals surface area contributed by atoms with Crippen LogP contribution in [0.15, 0.2) is 36.5 Å². The Kier molecular flexibility index (Phi) is 51.3. The second kappa shape index (κ2) is 36.4. The summed E-state index contributed by atoms with van der Waals surface area (Å²) in [6, 6.07) is 0. The van der Waals surface area contributed by atoms with Crippen LogP contribution in [0, 0.1) is 12.2 Å². The zero-order valence-corrected chi connectivity index (χ0v) is 17.9. The van der Waals surface area contributed by atoms with E-state index >= 15 is 0 Å². The Morgan fingerprint density at radius 1 is 0.900 bits per heavy atom. The Hall–Kier alpha value is -0.0330. The molecule has 20 heavy (non-hydrogen) atoms. The van der Waals surface area contributed by atoms with Gasteiger partial charge < -0.3 is 10.2 Å². The van der Waals surface area contributed by atoms with Crippen molar-refractivity contribution >= 4 is 9.52 Å². The van der Waals surface area contributed by atoms with Crippen LogP contribution in [0.5, 0.6) is 0 Å². The molecule has 1 radical (unpaired) electrons. The monoisotopic (exact) mass is 459 g/mol. The van der Waals surface area contributed by atoms with Crippen molar-refractivity contribution in [3.63, 3.8) is 0 Å². The van der Waals surface area contributed by atoms with Gasteiger partial charge in [0.1, 0.15) is 0 Å². The standard InChI is InChI=1S/2C5H5.2C2H5O.C2H7Si.Hf/c2*1-2-4-5-3-1;2*1-2-3;1-3-2;/h2*1-3H,4H2;2*2H2,1H3;3H,1-2H3;/q4*-1;;+4. The first-order chi connectivity index (χ1) is 9.24. The number of hydrogen-bond donors (Lipinski definition) is 0. The number of rotatable bonds is 0. The summed E-state index contributed by atoms with van der Waals surface area (Å²) in [6.45, 7) is 7.56. The topological polar surface area (TPSA) is 46.1 Å². The molecular weight excluding hydrogens is 431 g/mol. The van der Waals surface area contributed by atoms with E-state index in [1.54, 1.807) is 13.8 Å². The van der Waals surface area contributed by atoms with Crippen molar-refractivity contribution in [3.8, 4) is 0 Å². The molecule has 0 atom stereocenters. The third kappa shape index (κ3) is 52.1. The molecule has 0 spiro atoms. The molecule has 4 heteroatoms. The Morgan fingerprint density at radius 2 is 1.15 bits per heavy atom. The molecule has 0 saturated heterocycles. The third-order valence-corrected chi connectivity index (χ3v) is 1.17. The van der Waals surface area contributed by atoms with Gasteiger partial charge in [-0.15, -0.1) is 26.1 Å². The van der Waals surface area contributed by atoms with Crippen LogP contribution in [-0.4, -0.2) is 22.7 Å². The van der Waals surface area contributed by atoms with E-state index in [9.17, 15) is 0 Å². The predicted octanol–water partition coefficient (Wildman–Crippen LogP) is 1.86. The van der Waals surface area contributed by atoms with Gasteiger partial charge in [-0.2, -0.15) is 12.2 Å². The molecule has 2 nitrogen and oxygen atoms in total. The summed E-state index contributed by atoms with van der Waals surface area (Å²) in [7, 11) is 0.750. The molecule has 2 aliphatic carbocycles.